The molecule has 5 heteroatoms. The maximum absolute atomic E-state index is 5.99. The van der Waals surface area contributed by atoms with Gasteiger partial charge in [-0.3, -0.25) is 0 Å². The van der Waals surface area contributed by atoms with Crippen LogP contribution in [0.4, 0.5) is 0 Å². The van der Waals surface area contributed by atoms with Crippen LogP contribution in [0.15, 0.2) is 18.2 Å². The van der Waals surface area contributed by atoms with Crippen LogP contribution in [0.2, 0.25) is 10.0 Å². The molecule has 2 rings (SSSR count). The normalized spacial score (nSPS) is 19.1. The Hall–Kier alpha value is -0.215. The SMILES string of the molecule is CCCCCCC1COB(c2cc(Cl)cc(Cl)c2)O1. The molecule has 1 atom stereocenters. The van der Waals surface area contributed by atoms with Crippen LogP contribution in [0.25, 0.3) is 0 Å². The molecular weight excluding hydrogens is 282 g/mol. The third kappa shape index (κ3) is 4.68. The highest BCUT2D eigenvalue weighted by molar-refractivity contribution is 6.62. The average Bonchev–Trinajstić information content (AvgIpc) is 2.82. The summed E-state index contributed by atoms with van der Waals surface area (Å²) in [5.74, 6) is 0. The van der Waals surface area contributed by atoms with Gasteiger partial charge in [0.05, 0.1) is 12.7 Å². The lowest BCUT2D eigenvalue weighted by Crippen LogP contribution is -2.32. The molecule has 1 heterocycles. The van der Waals surface area contributed by atoms with E-state index >= 15 is 0 Å². The molecule has 1 fully saturated rings. The molecular formula is C14H19BCl2O2. The molecule has 1 aliphatic rings. The van der Waals surface area contributed by atoms with Crippen LogP contribution in [0.3, 0.4) is 0 Å². The van der Waals surface area contributed by atoms with Crippen LogP contribution in [0.5, 0.6) is 0 Å². The molecule has 104 valence electrons. The monoisotopic (exact) mass is 300 g/mol. The van der Waals surface area contributed by atoms with E-state index in [1.54, 1.807) is 6.07 Å². The lowest BCUT2D eigenvalue weighted by Gasteiger charge is -2.09. The van der Waals surface area contributed by atoms with E-state index < -0.39 is 0 Å². The van der Waals surface area contributed by atoms with E-state index in [-0.39, 0.29) is 13.2 Å². The van der Waals surface area contributed by atoms with Crippen molar-refractivity contribution in [3.05, 3.63) is 28.2 Å². The van der Waals surface area contributed by atoms with Gasteiger partial charge in [0.2, 0.25) is 0 Å². The van der Waals surface area contributed by atoms with Crippen molar-refractivity contribution in [1.29, 1.82) is 0 Å². The highest BCUT2D eigenvalue weighted by Crippen LogP contribution is 2.19. The van der Waals surface area contributed by atoms with Gasteiger partial charge in [-0.05, 0) is 30.1 Å². The standard InChI is InChI=1S/C14H19BCl2O2/c1-2-3-4-5-6-14-10-18-15(19-14)11-7-12(16)9-13(17)8-11/h7-9,14H,2-6,10H2,1H3. The van der Waals surface area contributed by atoms with Crippen molar-refractivity contribution >= 4 is 35.8 Å². The van der Waals surface area contributed by atoms with E-state index in [4.69, 9.17) is 32.5 Å². The molecule has 1 unspecified atom stereocenters. The van der Waals surface area contributed by atoms with E-state index in [9.17, 15) is 0 Å². The lowest BCUT2D eigenvalue weighted by atomic mass is 9.79. The van der Waals surface area contributed by atoms with Crippen LogP contribution in [-0.4, -0.2) is 19.8 Å². The Kier molecular flexibility index (Phi) is 6.02. The molecule has 1 saturated heterocycles. The van der Waals surface area contributed by atoms with Crippen molar-refractivity contribution in [3.8, 4) is 0 Å². The Balaban J connectivity index is 1.84. The molecule has 0 bridgehead atoms. The Morgan fingerprint density at radius 3 is 2.58 bits per heavy atom. The first kappa shape index (κ1) is 15.2. The summed E-state index contributed by atoms with van der Waals surface area (Å²) in [5, 5.41) is 1.22. The summed E-state index contributed by atoms with van der Waals surface area (Å²) in [6.07, 6.45) is 6.27. The van der Waals surface area contributed by atoms with E-state index in [0.717, 1.165) is 11.9 Å². The molecule has 0 spiro atoms. The summed E-state index contributed by atoms with van der Waals surface area (Å²) in [6.45, 7) is 2.87. The smallest absolute Gasteiger partial charge is 0.405 e. The molecule has 2 nitrogen and oxygen atoms in total. The predicted octanol–water partition coefficient (Wildman–Crippen LogP) is 4.07. The molecule has 0 aromatic heterocycles. The predicted molar refractivity (Wildman–Crippen MR) is 81.4 cm³/mol. The highest BCUT2D eigenvalue weighted by Gasteiger charge is 2.32. The Morgan fingerprint density at radius 1 is 1.16 bits per heavy atom. The fraction of sp³-hybridized carbons (Fsp3) is 0.571. The summed E-state index contributed by atoms with van der Waals surface area (Å²) >= 11 is 12.0. The zero-order chi connectivity index (χ0) is 13.7. The molecule has 1 aromatic carbocycles. The van der Waals surface area contributed by atoms with Gasteiger partial charge in [-0.15, -0.1) is 0 Å². The number of halogens is 2. The fourth-order valence-corrected chi connectivity index (χ4v) is 2.83. The molecule has 1 aliphatic heterocycles. The average molecular weight is 301 g/mol. The van der Waals surface area contributed by atoms with E-state index in [0.29, 0.717) is 16.7 Å². The Bertz CT molecular complexity index is 394. The maximum atomic E-state index is 5.99. The fourth-order valence-electron chi connectivity index (χ4n) is 2.28. The second-order valence-corrected chi connectivity index (χ2v) is 5.85. The third-order valence-electron chi connectivity index (χ3n) is 3.29. The summed E-state index contributed by atoms with van der Waals surface area (Å²) in [6, 6.07) is 5.40. The van der Waals surface area contributed by atoms with E-state index in [1.165, 1.54) is 25.7 Å². The van der Waals surface area contributed by atoms with Gasteiger partial charge in [0.15, 0.2) is 0 Å². The number of unbranched alkanes of at least 4 members (excludes halogenated alkanes) is 3. The van der Waals surface area contributed by atoms with Crippen molar-refractivity contribution in [2.24, 2.45) is 0 Å². The summed E-state index contributed by atoms with van der Waals surface area (Å²) < 4.78 is 11.6. The molecule has 0 radical (unpaired) electrons. The van der Waals surface area contributed by atoms with Gasteiger partial charge in [-0.25, -0.2) is 0 Å². The number of hydrogen-bond acceptors (Lipinski definition) is 2. The number of hydrogen-bond donors (Lipinski definition) is 0. The molecule has 0 N–H and O–H groups in total. The third-order valence-corrected chi connectivity index (χ3v) is 3.72. The minimum atomic E-state index is -0.327. The second kappa shape index (κ2) is 7.54. The van der Waals surface area contributed by atoms with Gasteiger partial charge < -0.3 is 9.31 Å². The molecule has 19 heavy (non-hydrogen) atoms. The van der Waals surface area contributed by atoms with Crippen LogP contribution < -0.4 is 5.46 Å². The zero-order valence-electron chi connectivity index (χ0n) is 11.2. The molecule has 0 amide bonds. The number of benzene rings is 1. The van der Waals surface area contributed by atoms with Crippen LogP contribution >= 0.6 is 23.2 Å². The van der Waals surface area contributed by atoms with Gasteiger partial charge in [-0.1, -0.05) is 55.8 Å². The maximum Gasteiger partial charge on any atom is 0.494 e. The minimum absolute atomic E-state index is 0.194. The first-order chi connectivity index (χ1) is 9.19. The Morgan fingerprint density at radius 2 is 1.89 bits per heavy atom. The van der Waals surface area contributed by atoms with Crippen LogP contribution in [0.1, 0.15) is 39.0 Å². The summed E-state index contributed by atoms with van der Waals surface area (Å²) in [4.78, 5) is 0. The highest BCUT2D eigenvalue weighted by atomic mass is 35.5. The molecule has 1 aromatic rings. The zero-order valence-corrected chi connectivity index (χ0v) is 12.7. The van der Waals surface area contributed by atoms with Crippen LogP contribution in [-0.2, 0) is 9.31 Å². The van der Waals surface area contributed by atoms with Gasteiger partial charge in [-0.2, -0.15) is 0 Å². The summed E-state index contributed by atoms with van der Waals surface area (Å²) in [7, 11) is -0.327. The van der Waals surface area contributed by atoms with Crippen molar-refractivity contribution in [2.45, 2.75) is 45.1 Å². The lowest BCUT2D eigenvalue weighted by molar-refractivity contribution is 0.217. The Labute approximate surface area is 125 Å². The van der Waals surface area contributed by atoms with Gasteiger partial charge in [0, 0.05) is 10.0 Å². The summed E-state index contributed by atoms with van der Waals surface area (Å²) in [5.41, 5.74) is 0.897. The second-order valence-electron chi connectivity index (χ2n) is 4.98. The van der Waals surface area contributed by atoms with Crippen molar-refractivity contribution in [1.82, 2.24) is 0 Å². The van der Waals surface area contributed by atoms with Crippen molar-refractivity contribution in [3.63, 3.8) is 0 Å². The van der Waals surface area contributed by atoms with Crippen molar-refractivity contribution < 1.29 is 9.31 Å². The molecule has 0 aliphatic carbocycles. The van der Waals surface area contributed by atoms with E-state index in [1.807, 2.05) is 12.1 Å². The first-order valence-corrected chi connectivity index (χ1v) is 7.67. The first-order valence-electron chi connectivity index (χ1n) is 6.92. The number of rotatable bonds is 6. The van der Waals surface area contributed by atoms with Gasteiger partial charge in [0.1, 0.15) is 0 Å². The van der Waals surface area contributed by atoms with Crippen LogP contribution in [0, 0.1) is 0 Å². The quantitative estimate of drug-likeness (QED) is 0.582. The molecule has 0 saturated carbocycles. The largest absolute Gasteiger partial charge is 0.494 e. The minimum Gasteiger partial charge on any atom is -0.405 e. The van der Waals surface area contributed by atoms with Crippen molar-refractivity contribution in [2.75, 3.05) is 6.61 Å². The van der Waals surface area contributed by atoms with E-state index in [2.05, 4.69) is 6.92 Å². The van der Waals surface area contributed by atoms with Gasteiger partial charge >= 0.3 is 7.12 Å². The van der Waals surface area contributed by atoms with Gasteiger partial charge in [0.25, 0.3) is 0 Å². The topological polar surface area (TPSA) is 18.5 Å².